The molecule has 3 saturated heterocycles. The molecule has 10 rings (SSSR count). The van der Waals surface area contributed by atoms with Crippen molar-refractivity contribution in [2.45, 2.75) is 82.7 Å². The van der Waals surface area contributed by atoms with Gasteiger partial charge in [-0.05, 0) is 73.6 Å². The number of fused-ring (bicyclic) bond motifs is 6. The van der Waals surface area contributed by atoms with Gasteiger partial charge < -0.3 is 39.5 Å². The Morgan fingerprint density at radius 1 is 0.947 bits per heavy atom. The summed E-state index contributed by atoms with van der Waals surface area (Å²) in [5.74, 6) is 2.41. The van der Waals surface area contributed by atoms with E-state index in [1.165, 1.54) is 0 Å². The summed E-state index contributed by atoms with van der Waals surface area (Å²) in [7, 11) is 1.68. The number of imidazole rings is 2. The van der Waals surface area contributed by atoms with E-state index in [0.29, 0.717) is 13.3 Å². The van der Waals surface area contributed by atoms with Crippen molar-refractivity contribution < 1.29 is 19.1 Å². The fourth-order valence-corrected chi connectivity index (χ4v) is 9.28. The first kappa shape index (κ1) is 35.6. The van der Waals surface area contributed by atoms with Crippen LogP contribution >= 0.6 is 0 Å². The number of hydrogen-bond donors (Lipinski definition) is 4. The Labute approximate surface area is 329 Å². The Morgan fingerprint density at radius 2 is 1.72 bits per heavy atom. The number of nitrogens with two attached hydrogens (primary N) is 1. The number of hydrogen-bond acceptors (Lipinski definition) is 9. The van der Waals surface area contributed by atoms with Crippen molar-refractivity contribution in [1.29, 1.82) is 0 Å². The number of carbonyl (C=O) groups excluding carboxylic acids is 2. The fourth-order valence-electron chi connectivity index (χ4n) is 9.28. The van der Waals surface area contributed by atoms with E-state index in [-0.39, 0.29) is 42.1 Å². The Hall–Kier alpha value is -5.83. The number of rotatable bonds is 8. The van der Waals surface area contributed by atoms with Crippen molar-refractivity contribution in [3.63, 3.8) is 0 Å². The molecule has 2 amide bonds. The number of H-pyrrole nitrogens is 2. The predicted molar refractivity (Wildman–Crippen MR) is 213 cm³/mol. The van der Waals surface area contributed by atoms with Gasteiger partial charge in [0.2, 0.25) is 11.8 Å². The molecular formula is C43H46N10O4. The maximum absolute atomic E-state index is 14.0. The fraction of sp³-hybridized carbons (Fsp3) is 0.372. The first-order valence-electron chi connectivity index (χ1n) is 19.9. The van der Waals surface area contributed by atoms with Gasteiger partial charge in [-0.15, -0.1) is 0 Å². The third-order valence-corrected chi connectivity index (χ3v) is 12.4. The van der Waals surface area contributed by atoms with E-state index < -0.39 is 12.1 Å². The lowest BCUT2D eigenvalue weighted by molar-refractivity contribution is -0.149. The first-order chi connectivity index (χ1) is 27.8. The van der Waals surface area contributed by atoms with Crippen LogP contribution in [0.15, 0.2) is 79.4 Å². The van der Waals surface area contributed by atoms with Crippen molar-refractivity contribution in [3.8, 4) is 39.5 Å². The molecule has 57 heavy (non-hydrogen) atoms. The van der Waals surface area contributed by atoms with Crippen molar-refractivity contribution in [2.75, 3.05) is 13.7 Å². The van der Waals surface area contributed by atoms with Crippen LogP contribution in [0.2, 0.25) is 0 Å². The molecule has 292 valence electrons. The molecule has 0 bridgehead atoms. The van der Waals surface area contributed by atoms with E-state index in [4.69, 9.17) is 25.2 Å². The zero-order valence-corrected chi connectivity index (χ0v) is 32.2. The topological polar surface area (TPSA) is 172 Å². The summed E-state index contributed by atoms with van der Waals surface area (Å²) >= 11 is 0. The summed E-state index contributed by atoms with van der Waals surface area (Å²) in [6, 6.07) is 17.2. The SMILES string of the molecule is COC1NC(c2cccnc2)C(=O)N2C(c3ncc(-c4ccc5c(c4)cc4n5COc5cc(-c6cnc(C7CCCN7C(=O)C(N)C(C)C)[nH]6)ccc5-4)[nH]3)CCC12. The lowest BCUT2D eigenvalue weighted by Crippen LogP contribution is -2.60. The summed E-state index contributed by atoms with van der Waals surface area (Å²) in [5.41, 5.74) is 14.0. The Bertz CT molecular complexity index is 2490. The molecule has 14 nitrogen and oxygen atoms in total. The highest BCUT2D eigenvalue weighted by Crippen LogP contribution is 2.44. The minimum absolute atomic E-state index is 0.00253. The highest BCUT2D eigenvalue weighted by molar-refractivity contribution is 5.92. The van der Waals surface area contributed by atoms with Crippen LogP contribution in [0.4, 0.5) is 0 Å². The van der Waals surface area contributed by atoms with Crippen molar-refractivity contribution in [2.24, 2.45) is 11.7 Å². The average Bonchev–Trinajstić information content (AvgIpc) is 4.09. The van der Waals surface area contributed by atoms with E-state index in [0.717, 1.165) is 93.3 Å². The van der Waals surface area contributed by atoms with Crippen LogP contribution in [-0.4, -0.2) is 83.1 Å². The number of nitrogens with zero attached hydrogens (tertiary/aromatic N) is 6. The van der Waals surface area contributed by atoms with Crippen molar-refractivity contribution in [3.05, 3.63) is 96.6 Å². The van der Waals surface area contributed by atoms with E-state index >= 15 is 0 Å². The summed E-state index contributed by atoms with van der Waals surface area (Å²) in [6.07, 6.45) is 10.2. The number of nitrogens with one attached hydrogen (secondary N) is 3. The zero-order valence-electron chi connectivity index (χ0n) is 32.2. The Balaban J connectivity index is 0.889. The van der Waals surface area contributed by atoms with Gasteiger partial charge in [-0.3, -0.25) is 19.9 Å². The number of ether oxygens (including phenoxy) is 2. The van der Waals surface area contributed by atoms with Crippen molar-refractivity contribution >= 4 is 22.7 Å². The molecule has 6 atom stereocenters. The van der Waals surface area contributed by atoms with Gasteiger partial charge in [0.1, 0.15) is 29.7 Å². The van der Waals surface area contributed by atoms with Crippen LogP contribution < -0.4 is 15.8 Å². The van der Waals surface area contributed by atoms with Gasteiger partial charge >= 0.3 is 0 Å². The highest BCUT2D eigenvalue weighted by Gasteiger charge is 2.50. The lowest BCUT2D eigenvalue weighted by atomic mass is 10.0. The zero-order chi connectivity index (χ0) is 38.9. The lowest BCUT2D eigenvalue weighted by Gasteiger charge is -2.42. The van der Waals surface area contributed by atoms with Crippen LogP contribution in [0.25, 0.3) is 44.7 Å². The second kappa shape index (κ2) is 14.0. The molecule has 8 heterocycles. The molecule has 4 aromatic heterocycles. The minimum Gasteiger partial charge on any atom is -0.472 e. The van der Waals surface area contributed by atoms with Crippen LogP contribution in [0.5, 0.6) is 5.75 Å². The largest absolute Gasteiger partial charge is 0.472 e. The smallest absolute Gasteiger partial charge is 0.245 e. The van der Waals surface area contributed by atoms with Crippen LogP contribution in [0.3, 0.4) is 0 Å². The molecule has 0 spiro atoms. The van der Waals surface area contributed by atoms with Gasteiger partial charge in [0, 0.05) is 48.1 Å². The molecule has 5 N–H and O–H groups in total. The second-order valence-electron chi connectivity index (χ2n) is 16.0. The van der Waals surface area contributed by atoms with Crippen molar-refractivity contribution in [1.82, 2.24) is 44.6 Å². The monoisotopic (exact) mass is 766 g/mol. The molecule has 4 aliphatic heterocycles. The molecule has 0 radical (unpaired) electrons. The average molecular weight is 767 g/mol. The molecular weight excluding hydrogens is 721 g/mol. The number of aromatic nitrogens is 6. The number of amides is 2. The normalized spacial score (nSPS) is 23.5. The van der Waals surface area contributed by atoms with E-state index in [2.05, 4.69) is 67.3 Å². The number of benzene rings is 2. The number of carbonyl (C=O) groups is 2. The van der Waals surface area contributed by atoms with E-state index in [9.17, 15) is 9.59 Å². The molecule has 0 saturated carbocycles. The van der Waals surface area contributed by atoms with Crippen LogP contribution in [0, 0.1) is 5.92 Å². The number of aromatic amines is 2. The third kappa shape index (κ3) is 5.92. The molecule has 4 aliphatic rings. The van der Waals surface area contributed by atoms with E-state index in [1.807, 2.05) is 48.2 Å². The molecule has 6 unspecified atom stereocenters. The molecule has 14 heteroatoms. The van der Waals surface area contributed by atoms with Crippen LogP contribution in [0.1, 0.15) is 74.9 Å². The molecule has 2 aromatic carbocycles. The maximum atomic E-state index is 14.0. The number of piperazine rings is 1. The molecule has 6 aromatic rings. The van der Waals surface area contributed by atoms with Gasteiger partial charge in [0.15, 0.2) is 6.73 Å². The molecule has 0 aliphatic carbocycles. The van der Waals surface area contributed by atoms with Gasteiger partial charge in [-0.2, -0.15) is 0 Å². The first-order valence-corrected chi connectivity index (χ1v) is 19.9. The second-order valence-corrected chi connectivity index (χ2v) is 16.0. The maximum Gasteiger partial charge on any atom is 0.245 e. The Kier molecular flexibility index (Phi) is 8.72. The van der Waals surface area contributed by atoms with Gasteiger partial charge in [0.25, 0.3) is 0 Å². The third-order valence-electron chi connectivity index (χ3n) is 12.4. The van der Waals surface area contributed by atoms with Gasteiger partial charge in [0.05, 0.1) is 59.2 Å². The van der Waals surface area contributed by atoms with Gasteiger partial charge in [-0.25, -0.2) is 9.97 Å². The van der Waals surface area contributed by atoms with Gasteiger partial charge in [-0.1, -0.05) is 32.0 Å². The number of pyridine rings is 1. The van der Waals surface area contributed by atoms with Crippen LogP contribution in [-0.2, 0) is 21.1 Å². The summed E-state index contributed by atoms with van der Waals surface area (Å²) in [4.78, 5) is 51.8. The quantitative estimate of drug-likeness (QED) is 0.149. The summed E-state index contributed by atoms with van der Waals surface area (Å²) in [6.45, 7) is 5.03. The van der Waals surface area contributed by atoms with E-state index in [1.54, 1.807) is 19.5 Å². The molecule has 3 fully saturated rings. The Morgan fingerprint density at radius 3 is 2.47 bits per heavy atom. The highest BCUT2D eigenvalue weighted by atomic mass is 16.5. The number of methoxy groups -OCH3 is 1. The summed E-state index contributed by atoms with van der Waals surface area (Å²) in [5, 5.41) is 4.49. The minimum atomic E-state index is -0.544. The summed E-state index contributed by atoms with van der Waals surface area (Å²) < 4.78 is 14.4. The standard InChI is InChI=1S/C43H46N10O4/c1-23(2)37(44)42(54)51-15-5-7-32(51)39-46-21-30(48-39)25-8-10-28-35-17-27-16-24(9-11-31(27)52(35)22-57-36(28)18-25)29-20-47-40(49-29)33-12-13-34-41(56-3)50-38(43(55)53(33)34)26-6-4-14-45-19-26/h4,6,8-11,14,16-21,23,32-34,37-38,41,50H,5,7,12-13,15,22,44H2,1-3H3,(H,46,48)(H,47,49). The predicted octanol–water partition coefficient (Wildman–Crippen LogP) is 5.83. The number of likely N-dealkylation sites (tertiary alicyclic amines) is 1.